The minimum Gasteiger partial charge on any atom is -0.322 e. The van der Waals surface area contributed by atoms with Gasteiger partial charge >= 0.3 is 0 Å². The maximum atomic E-state index is 13.8. The van der Waals surface area contributed by atoms with Crippen molar-refractivity contribution in [2.24, 2.45) is 0 Å². The standard InChI is InChI=1S/C16H11BrFN3O2S/c17-10-3-4-12(11(18)8-10)19-15(22)9-21-16(23)6-5-13(20-21)14-2-1-7-24-14/h1-8H,9H2,(H,19,22). The topological polar surface area (TPSA) is 64.0 Å². The van der Waals surface area contributed by atoms with Crippen molar-refractivity contribution in [1.82, 2.24) is 9.78 Å². The fourth-order valence-electron chi connectivity index (χ4n) is 2.03. The van der Waals surface area contributed by atoms with Gasteiger partial charge < -0.3 is 5.32 Å². The zero-order chi connectivity index (χ0) is 17.1. The van der Waals surface area contributed by atoms with Crippen molar-refractivity contribution in [3.63, 3.8) is 0 Å². The number of nitrogens with one attached hydrogen (secondary N) is 1. The number of hydrogen-bond donors (Lipinski definition) is 1. The second-order valence-electron chi connectivity index (χ2n) is 4.86. The van der Waals surface area contributed by atoms with Crippen molar-refractivity contribution in [3.8, 4) is 10.6 Å². The van der Waals surface area contributed by atoms with E-state index in [9.17, 15) is 14.0 Å². The quantitative estimate of drug-likeness (QED) is 0.719. The molecule has 0 unspecified atom stereocenters. The number of rotatable bonds is 4. The molecule has 0 radical (unpaired) electrons. The molecule has 24 heavy (non-hydrogen) atoms. The van der Waals surface area contributed by atoms with Crippen LogP contribution in [0.25, 0.3) is 10.6 Å². The zero-order valence-corrected chi connectivity index (χ0v) is 14.6. The molecule has 2 heterocycles. The second kappa shape index (κ2) is 7.06. The lowest BCUT2D eigenvalue weighted by Crippen LogP contribution is -2.29. The van der Waals surface area contributed by atoms with Gasteiger partial charge in [0.1, 0.15) is 18.1 Å². The Hall–Kier alpha value is -2.32. The molecule has 0 saturated heterocycles. The van der Waals surface area contributed by atoms with Crippen molar-refractivity contribution in [3.05, 3.63) is 68.5 Å². The molecule has 0 fully saturated rings. The molecular formula is C16H11BrFN3O2S. The molecule has 3 aromatic rings. The van der Waals surface area contributed by atoms with E-state index in [0.29, 0.717) is 10.2 Å². The third-order valence-electron chi connectivity index (χ3n) is 3.14. The second-order valence-corrected chi connectivity index (χ2v) is 6.73. The Morgan fingerprint density at radius 2 is 2.12 bits per heavy atom. The monoisotopic (exact) mass is 407 g/mol. The third kappa shape index (κ3) is 3.77. The summed E-state index contributed by atoms with van der Waals surface area (Å²) in [6.07, 6.45) is 0. The highest BCUT2D eigenvalue weighted by atomic mass is 79.9. The average Bonchev–Trinajstić information content (AvgIpc) is 3.07. The molecule has 1 amide bonds. The molecule has 1 N–H and O–H groups in total. The number of carbonyl (C=O) groups excluding carboxylic acids is 1. The predicted molar refractivity (Wildman–Crippen MR) is 94.5 cm³/mol. The van der Waals surface area contributed by atoms with Crippen LogP contribution in [0, 0.1) is 5.82 Å². The molecule has 0 aliphatic heterocycles. The van der Waals surface area contributed by atoms with Crippen LogP contribution in [0.3, 0.4) is 0 Å². The SMILES string of the molecule is O=C(Cn1nc(-c2cccs2)ccc1=O)Nc1ccc(Br)cc1F. The number of thiophene rings is 1. The highest BCUT2D eigenvalue weighted by molar-refractivity contribution is 9.10. The number of nitrogens with zero attached hydrogens (tertiary/aromatic N) is 2. The maximum Gasteiger partial charge on any atom is 0.267 e. The summed E-state index contributed by atoms with van der Waals surface area (Å²) in [5.74, 6) is -1.10. The van der Waals surface area contributed by atoms with Crippen molar-refractivity contribution in [1.29, 1.82) is 0 Å². The van der Waals surface area contributed by atoms with Crippen LogP contribution in [0.5, 0.6) is 0 Å². The number of benzene rings is 1. The molecule has 5 nitrogen and oxygen atoms in total. The van der Waals surface area contributed by atoms with Crippen LogP contribution < -0.4 is 10.9 Å². The van der Waals surface area contributed by atoms with Gasteiger partial charge in [0.05, 0.1) is 10.6 Å². The first-order chi connectivity index (χ1) is 11.5. The minimum atomic E-state index is -0.564. The molecule has 0 aliphatic rings. The molecule has 8 heteroatoms. The fraction of sp³-hybridized carbons (Fsp3) is 0.0625. The van der Waals surface area contributed by atoms with Gasteiger partial charge in [0, 0.05) is 10.5 Å². The van der Waals surface area contributed by atoms with Crippen molar-refractivity contribution < 1.29 is 9.18 Å². The number of hydrogen-bond acceptors (Lipinski definition) is 4. The Morgan fingerprint density at radius 3 is 2.83 bits per heavy atom. The lowest BCUT2D eigenvalue weighted by molar-refractivity contribution is -0.117. The van der Waals surface area contributed by atoms with E-state index in [1.165, 1.54) is 29.5 Å². The number of carbonyl (C=O) groups is 1. The van der Waals surface area contributed by atoms with Crippen molar-refractivity contribution >= 4 is 38.9 Å². The number of aromatic nitrogens is 2. The molecule has 0 atom stereocenters. The number of halogens is 2. The zero-order valence-electron chi connectivity index (χ0n) is 12.2. The van der Waals surface area contributed by atoms with Crippen LogP contribution in [0.2, 0.25) is 0 Å². The van der Waals surface area contributed by atoms with Crippen LogP contribution >= 0.6 is 27.3 Å². The normalized spacial score (nSPS) is 10.6. The molecule has 0 aliphatic carbocycles. The molecule has 1 aromatic carbocycles. The summed E-state index contributed by atoms with van der Waals surface area (Å²) in [7, 11) is 0. The number of anilines is 1. The van der Waals surface area contributed by atoms with Gasteiger partial charge in [-0.2, -0.15) is 5.10 Å². The Bertz CT molecular complexity index is 941. The Morgan fingerprint density at radius 1 is 1.29 bits per heavy atom. The van der Waals surface area contributed by atoms with E-state index >= 15 is 0 Å². The first kappa shape index (κ1) is 16.5. The lowest BCUT2D eigenvalue weighted by atomic mass is 10.3. The van der Waals surface area contributed by atoms with E-state index in [1.54, 1.807) is 12.1 Å². The Balaban J connectivity index is 1.79. The summed E-state index contributed by atoms with van der Waals surface area (Å²) in [6.45, 7) is -0.298. The van der Waals surface area contributed by atoms with E-state index in [2.05, 4.69) is 26.3 Å². The van der Waals surface area contributed by atoms with Crippen LogP contribution in [0.4, 0.5) is 10.1 Å². The van der Waals surface area contributed by atoms with Gasteiger partial charge in [0.2, 0.25) is 5.91 Å². The fourth-order valence-corrected chi connectivity index (χ4v) is 3.06. The molecule has 2 aromatic heterocycles. The highest BCUT2D eigenvalue weighted by Crippen LogP contribution is 2.21. The van der Waals surface area contributed by atoms with Gasteiger partial charge in [-0.1, -0.05) is 22.0 Å². The summed E-state index contributed by atoms with van der Waals surface area (Å²) >= 11 is 4.63. The Labute approximate surface area is 148 Å². The summed E-state index contributed by atoms with van der Waals surface area (Å²) in [5.41, 5.74) is 0.250. The van der Waals surface area contributed by atoms with Gasteiger partial charge in [-0.3, -0.25) is 9.59 Å². The van der Waals surface area contributed by atoms with Crippen molar-refractivity contribution in [2.45, 2.75) is 6.54 Å². The third-order valence-corrected chi connectivity index (χ3v) is 4.52. The average molecular weight is 408 g/mol. The summed E-state index contributed by atoms with van der Waals surface area (Å²) in [4.78, 5) is 24.9. The largest absolute Gasteiger partial charge is 0.322 e. The van der Waals surface area contributed by atoms with E-state index in [1.807, 2.05) is 17.5 Å². The first-order valence-corrected chi connectivity index (χ1v) is 8.57. The Kier molecular flexibility index (Phi) is 4.86. The summed E-state index contributed by atoms with van der Waals surface area (Å²) in [5, 5.41) is 8.52. The minimum absolute atomic E-state index is 0.0469. The number of amides is 1. The lowest BCUT2D eigenvalue weighted by Gasteiger charge is -2.08. The molecular weight excluding hydrogens is 397 g/mol. The first-order valence-electron chi connectivity index (χ1n) is 6.90. The van der Waals surface area contributed by atoms with E-state index in [4.69, 9.17) is 0 Å². The van der Waals surface area contributed by atoms with Crippen LogP contribution in [0.15, 0.2) is 57.1 Å². The maximum absolute atomic E-state index is 13.8. The molecule has 122 valence electrons. The predicted octanol–water partition coefficient (Wildman–Crippen LogP) is 3.51. The van der Waals surface area contributed by atoms with Gasteiger partial charge in [-0.15, -0.1) is 11.3 Å². The van der Waals surface area contributed by atoms with E-state index in [-0.39, 0.29) is 12.2 Å². The molecule has 0 bridgehead atoms. The van der Waals surface area contributed by atoms with Crippen LogP contribution in [0.1, 0.15) is 0 Å². The summed E-state index contributed by atoms with van der Waals surface area (Å²) in [6, 6.07) is 11.0. The molecule has 0 saturated carbocycles. The highest BCUT2D eigenvalue weighted by Gasteiger charge is 2.11. The van der Waals surface area contributed by atoms with Crippen LogP contribution in [-0.2, 0) is 11.3 Å². The van der Waals surface area contributed by atoms with Gasteiger partial charge in [-0.25, -0.2) is 9.07 Å². The summed E-state index contributed by atoms with van der Waals surface area (Å²) < 4.78 is 15.4. The van der Waals surface area contributed by atoms with Gasteiger partial charge in [0.25, 0.3) is 5.56 Å². The van der Waals surface area contributed by atoms with Gasteiger partial charge in [0.15, 0.2) is 0 Å². The molecule has 0 spiro atoms. The van der Waals surface area contributed by atoms with Crippen molar-refractivity contribution in [2.75, 3.05) is 5.32 Å². The smallest absolute Gasteiger partial charge is 0.267 e. The van der Waals surface area contributed by atoms with Gasteiger partial charge in [-0.05, 0) is 35.7 Å². The van der Waals surface area contributed by atoms with Crippen LogP contribution in [-0.4, -0.2) is 15.7 Å². The molecule has 3 rings (SSSR count). The van der Waals surface area contributed by atoms with E-state index < -0.39 is 17.3 Å². The van der Waals surface area contributed by atoms with E-state index in [0.717, 1.165) is 9.56 Å².